The number of aliphatic hydroxyl groups excluding tert-OH is 1. The van der Waals surface area contributed by atoms with Gasteiger partial charge in [0.05, 0.1) is 22.2 Å². The van der Waals surface area contributed by atoms with Crippen LogP contribution in [-0.2, 0) is 11.2 Å². The van der Waals surface area contributed by atoms with Crippen LogP contribution < -0.4 is 9.47 Å². The van der Waals surface area contributed by atoms with Crippen LogP contribution in [0.5, 0.6) is 23.0 Å². The first-order valence-corrected chi connectivity index (χ1v) is 25.0. The summed E-state index contributed by atoms with van der Waals surface area (Å²) in [6, 6.07) is 61.4. The van der Waals surface area contributed by atoms with Gasteiger partial charge in [0.2, 0.25) is 0 Å². The Kier molecular flexibility index (Phi) is 10.3. The van der Waals surface area contributed by atoms with Crippen molar-refractivity contribution in [2.24, 2.45) is 11.3 Å². The molecule has 1 N–H and O–H groups in total. The largest absolute Gasteiger partial charge is 0.511 e. The molecule has 0 saturated heterocycles. The van der Waals surface area contributed by atoms with Gasteiger partial charge in [0.1, 0.15) is 28.8 Å². The number of carbonyl (C=O) groups excluding carboxylic acids is 1. The lowest BCUT2D eigenvalue weighted by atomic mass is 9.76. The number of benzene rings is 8. The third-order valence-corrected chi connectivity index (χ3v) is 14.9. The Bertz CT molecular complexity index is 3720. The first-order valence-electron chi connectivity index (χ1n) is 25.0. The van der Waals surface area contributed by atoms with Crippen molar-refractivity contribution in [3.05, 3.63) is 205 Å². The summed E-state index contributed by atoms with van der Waals surface area (Å²) < 4.78 is 13.0. The molecule has 8 aromatic carbocycles. The van der Waals surface area contributed by atoms with Crippen molar-refractivity contribution in [2.75, 3.05) is 0 Å². The van der Waals surface area contributed by atoms with Gasteiger partial charge in [0.25, 0.3) is 0 Å². The zero-order chi connectivity index (χ0) is 48.7. The van der Waals surface area contributed by atoms with Gasteiger partial charge in [-0.05, 0) is 141 Å². The Hall–Kier alpha value is -8.61. The normalized spacial score (nSPS) is 15.4. The summed E-state index contributed by atoms with van der Waals surface area (Å²) in [5.41, 5.74) is 15.4. The maximum Gasteiger partial charge on any atom is 0.165 e. The molecule has 2 aromatic heterocycles. The average Bonchev–Trinajstić information content (AvgIpc) is 3.41. The van der Waals surface area contributed by atoms with E-state index in [2.05, 4.69) is 127 Å². The number of carbonyl (C=O) groups is 1. The van der Waals surface area contributed by atoms with Gasteiger partial charge >= 0.3 is 0 Å². The SMILES string of the molecule is CC(C)(C)/C(O)=C1\CCCC(Cc2ccccc2-c2cc(-c3ccccc3-c3cnc4c5c(cccc35)Oc3ccccc3-4)cc(-c3ccccc3-c3cnc4c5c(cccc35)Oc3ccccc3-4)c2)C1=O. The van der Waals surface area contributed by atoms with Crippen LogP contribution >= 0.6 is 0 Å². The third kappa shape index (κ3) is 7.20. The van der Waals surface area contributed by atoms with Crippen LogP contribution in [0.2, 0.25) is 0 Å². The summed E-state index contributed by atoms with van der Waals surface area (Å²) >= 11 is 0. The van der Waals surface area contributed by atoms with E-state index in [0.29, 0.717) is 18.4 Å². The topological polar surface area (TPSA) is 81.5 Å². The molecule has 0 radical (unpaired) electrons. The van der Waals surface area contributed by atoms with E-state index in [9.17, 15) is 9.90 Å². The van der Waals surface area contributed by atoms with Gasteiger partial charge in [0, 0.05) is 51.6 Å². The molecule has 1 aliphatic carbocycles. The van der Waals surface area contributed by atoms with E-state index in [1.165, 1.54) is 0 Å². The van der Waals surface area contributed by atoms with Gasteiger partial charge < -0.3 is 14.6 Å². The number of ketones is 1. The Morgan fingerprint density at radius 3 is 1.46 bits per heavy atom. The fraction of sp³-hybridized carbons (Fsp3) is 0.136. The number of pyridine rings is 2. The lowest BCUT2D eigenvalue weighted by molar-refractivity contribution is -0.120. The number of fused-ring (bicyclic) bond motifs is 4. The summed E-state index contributed by atoms with van der Waals surface area (Å²) in [5, 5.41) is 15.4. The fourth-order valence-corrected chi connectivity index (χ4v) is 11.5. The van der Waals surface area contributed by atoms with E-state index in [0.717, 1.165) is 141 Å². The molecule has 6 nitrogen and oxygen atoms in total. The zero-order valence-corrected chi connectivity index (χ0v) is 40.4. The van der Waals surface area contributed by atoms with Gasteiger partial charge in [-0.15, -0.1) is 0 Å². The van der Waals surface area contributed by atoms with Crippen LogP contribution in [0.15, 0.2) is 200 Å². The molecule has 2 aliphatic heterocycles. The van der Waals surface area contributed by atoms with Crippen molar-refractivity contribution < 1.29 is 19.4 Å². The molecule has 72 heavy (non-hydrogen) atoms. The fourth-order valence-electron chi connectivity index (χ4n) is 11.5. The highest BCUT2D eigenvalue weighted by Crippen LogP contribution is 2.51. The Labute approximate surface area is 418 Å². The van der Waals surface area contributed by atoms with Crippen molar-refractivity contribution in [1.29, 1.82) is 0 Å². The second-order valence-electron chi connectivity index (χ2n) is 20.4. The number of hydrogen-bond donors (Lipinski definition) is 1. The number of aliphatic hydroxyl groups is 1. The first kappa shape index (κ1) is 43.4. The molecule has 1 fully saturated rings. The predicted molar refractivity (Wildman–Crippen MR) is 290 cm³/mol. The minimum absolute atomic E-state index is 0.0629. The van der Waals surface area contributed by atoms with Gasteiger partial charge in [-0.25, -0.2) is 0 Å². The van der Waals surface area contributed by atoms with Crippen molar-refractivity contribution in [3.63, 3.8) is 0 Å². The van der Waals surface area contributed by atoms with Gasteiger partial charge in [-0.3, -0.25) is 14.8 Å². The maximum atomic E-state index is 14.3. The molecular weight excluding hydrogens is 885 g/mol. The Morgan fingerprint density at radius 2 is 0.944 bits per heavy atom. The van der Waals surface area contributed by atoms with Crippen LogP contribution in [0.4, 0.5) is 0 Å². The molecule has 1 saturated carbocycles. The molecule has 348 valence electrons. The number of nitrogens with zero attached hydrogens (tertiary/aromatic N) is 2. The summed E-state index contributed by atoms with van der Waals surface area (Å²) in [6.45, 7) is 5.90. The molecule has 0 amide bonds. The highest BCUT2D eigenvalue weighted by atomic mass is 16.5. The standard InChI is InChI=1S/C66H50N2O4/c1-66(2,3)65(70)53-28-14-18-40(64(53)69)33-39-17-4-5-19-44(39)41-34-42(45-20-6-8-22-47(45)54-37-67-62-51-24-10-12-29-56(51)71-58-31-15-26-49(54)60(58)62)36-43(35-41)46-21-7-9-23-48(46)55-38-68-63-52-25-11-13-30-57(52)72-59-32-16-27-50(55)61(59)63/h4-13,15-17,19-27,29-32,34-38,40,70H,14,18,28,33H2,1-3H3/b65-53-. The molecule has 13 rings (SSSR count). The van der Waals surface area contributed by atoms with Crippen molar-refractivity contribution in [2.45, 2.75) is 46.5 Å². The summed E-state index contributed by atoms with van der Waals surface area (Å²) in [7, 11) is 0. The molecule has 6 heteroatoms. The summed E-state index contributed by atoms with van der Waals surface area (Å²) in [6.07, 6.45) is 6.85. The highest BCUT2D eigenvalue weighted by molar-refractivity contribution is 6.12. The molecule has 3 aliphatic rings. The number of allylic oxidation sites excluding steroid dienone is 2. The van der Waals surface area contributed by atoms with Crippen LogP contribution in [0, 0.1) is 11.3 Å². The van der Waals surface area contributed by atoms with Crippen LogP contribution in [-0.4, -0.2) is 20.9 Å². The van der Waals surface area contributed by atoms with Crippen LogP contribution in [0.1, 0.15) is 45.6 Å². The molecule has 4 heterocycles. The highest BCUT2D eigenvalue weighted by Gasteiger charge is 2.33. The number of Topliss-reactive ketones (excluding diaryl/α,β-unsaturated/α-hetero) is 1. The quantitative estimate of drug-likeness (QED) is 0.127. The second kappa shape index (κ2) is 17.1. The Balaban J connectivity index is 1.00. The minimum Gasteiger partial charge on any atom is -0.511 e. The molecule has 0 bridgehead atoms. The summed E-state index contributed by atoms with van der Waals surface area (Å²) in [4.78, 5) is 24.7. The summed E-state index contributed by atoms with van der Waals surface area (Å²) in [5.74, 6) is 3.23. The predicted octanol–water partition coefficient (Wildman–Crippen LogP) is 17.4. The maximum absolute atomic E-state index is 14.3. The number of ether oxygens (including phenoxy) is 2. The van der Waals surface area contributed by atoms with E-state index in [1.54, 1.807) is 0 Å². The van der Waals surface area contributed by atoms with E-state index in [1.807, 2.05) is 81.7 Å². The van der Waals surface area contributed by atoms with E-state index in [-0.39, 0.29) is 17.5 Å². The van der Waals surface area contributed by atoms with Crippen LogP contribution in [0.3, 0.4) is 0 Å². The molecule has 1 unspecified atom stereocenters. The molecular formula is C66H50N2O4. The van der Waals surface area contributed by atoms with Gasteiger partial charge in [0.15, 0.2) is 5.78 Å². The number of rotatable bonds is 7. The lowest BCUT2D eigenvalue weighted by Gasteiger charge is -2.28. The smallest absolute Gasteiger partial charge is 0.165 e. The zero-order valence-electron chi connectivity index (χ0n) is 40.4. The Morgan fingerprint density at radius 1 is 0.514 bits per heavy atom. The molecule has 10 aromatic rings. The van der Waals surface area contributed by atoms with Crippen molar-refractivity contribution >= 4 is 27.3 Å². The third-order valence-electron chi connectivity index (χ3n) is 14.9. The first-order chi connectivity index (χ1) is 35.2. The van der Waals surface area contributed by atoms with E-state index >= 15 is 0 Å². The van der Waals surface area contributed by atoms with E-state index in [4.69, 9.17) is 19.4 Å². The lowest BCUT2D eigenvalue weighted by Crippen LogP contribution is -2.27. The van der Waals surface area contributed by atoms with Gasteiger partial charge in [-0.1, -0.05) is 142 Å². The van der Waals surface area contributed by atoms with Crippen LogP contribution in [0.25, 0.3) is 99.7 Å². The minimum atomic E-state index is -0.503. The van der Waals surface area contributed by atoms with E-state index < -0.39 is 5.41 Å². The number of hydrogen-bond acceptors (Lipinski definition) is 6. The molecule has 0 spiro atoms. The van der Waals surface area contributed by atoms with Gasteiger partial charge in [-0.2, -0.15) is 0 Å². The van der Waals surface area contributed by atoms with Crippen molar-refractivity contribution in [3.8, 4) is 101 Å². The number of aromatic nitrogens is 2. The van der Waals surface area contributed by atoms with Crippen molar-refractivity contribution in [1.82, 2.24) is 9.97 Å². The monoisotopic (exact) mass is 934 g/mol. The average molecular weight is 935 g/mol. The second-order valence-corrected chi connectivity index (χ2v) is 20.4. The molecule has 1 atom stereocenters. The number of para-hydroxylation sites is 2.